The van der Waals surface area contributed by atoms with Crippen LogP contribution in [0.25, 0.3) is 0 Å². The summed E-state index contributed by atoms with van der Waals surface area (Å²) in [7, 11) is 0. The van der Waals surface area contributed by atoms with E-state index in [-0.39, 0.29) is 18.6 Å². The molecule has 0 atom stereocenters. The number of aliphatic hydroxyl groups is 1. The number of amides is 1. The molecule has 0 spiro atoms. The number of carbonyl (C=O) groups is 1. The number of hydrogen-bond donors (Lipinski definition) is 3. The second-order valence-electron chi connectivity index (χ2n) is 5.07. The monoisotopic (exact) mass is 295 g/mol. The Labute approximate surface area is 123 Å². The number of nitrogens with zero attached hydrogens (tertiary/aromatic N) is 1. The number of carbonyl (C=O) groups excluding carboxylic acids is 1. The zero-order valence-corrected chi connectivity index (χ0v) is 12.3. The topological polar surface area (TPSA) is 74.2 Å². The molecule has 3 N–H and O–H groups in total. The number of nitrogens with one attached hydrogen (secondary N) is 2. The normalized spacial score (nSPS) is 22.2. The van der Waals surface area contributed by atoms with Crippen molar-refractivity contribution in [3.05, 3.63) is 23.7 Å². The molecule has 0 unspecified atom stereocenters. The third kappa shape index (κ3) is 4.05. The van der Waals surface area contributed by atoms with Crippen LogP contribution >= 0.6 is 11.3 Å². The average molecular weight is 295 g/mol. The van der Waals surface area contributed by atoms with Gasteiger partial charge in [-0.2, -0.15) is 0 Å². The number of aliphatic hydroxyl groups excluding tert-OH is 1. The fourth-order valence-electron chi connectivity index (χ4n) is 2.37. The molecule has 5 nitrogen and oxygen atoms in total. The van der Waals surface area contributed by atoms with Gasteiger partial charge in [-0.1, -0.05) is 17.4 Å². The molecule has 1 aliphatic rings. The quantitative estimate of drug-likeness (QED) is 0.702. The van der Waals surface area contributed by atoms with Crippen molar-refractivity contribution in [2.75, 3.05) is 18.5 Å². The lowest BCUT2D eigenvalue weighted by atomic mass is 9.86. The van der Waals surface area contributed by atoms with Crippen molar-refractivity contribution >= 4 is 22.4 Å². The van der Waals surface area contributed by atoms with Crippen LogP contribution in [0.5, 0.6) is 0 Å². The lowest BCUT2D eigenvalue weighted by Gasteiger charge is -2.27. The van der Waals surface area contributed by atoms with E-state index in [0.29, 0.717) is 17.3 Å². The van der Waals surface area contributed by atoms with Crippen LogP contribution in [0.3, 0.4) is 0 Å². The van der Waals surface area contributed by atoms with Gasteiger partial charge in [-0.3, -0.25) is 4.79 Å². The molecule has 0 radical (unpaired) electrons. The molecule has 1 aromatic heterocycles. The summed E-state index contributed by atoms with van der Waals surface area (Å²) in [5.74, 6) is 0.350. The number of thiazole rings is 1. The Bertz CT molecular complexity index is 453. The summed E-state index contributed by atoms with van der Waals surface area (Å²) in [6.07, 6.45) is 7.20. The van der Waals surface area contributed by atoms with Gasteiger partial charge in [-0.15, -0.1) is 6.58 Å². The van der Waals surface area contributed by atoms with Gasteiger partial charge in [0.25, 0.3) is 5.91 Å². The summed E-state index contributed by atoms with van der Waals surface area (Å²) in [5.41, 5.74) is 0. The molecule has 2 rings (SSSR count). The van der Waals surface area contributed by atoms with Gasteiger partial charge < -0.3 is 15.7 Å². The van der Waals surface area contributed by atoms with Gasteiger partial charge >= 0.3 is 0 Å². The van der Waals surface area contributed by atoms with E-state index in [1.807, 2.05) is 0 Å². The molecule has 1 amide bonds. The first-order valence-electron chi connectivity index (χ1n) is 6.95. The van der Waals surface area contributed by atoms with E-state index in [2.05, 4.69) is 22.2 Å². The smallest absolute Gasteiger partial charge is 0.263 e. The maximum Gasteiger partial charge on any atom is 0.263 e. The minimum atomic E-state index is -0.0541. The van der Waals surface area contributed by atoms with Crippen LogP contribution in [0.4, 0.5) is 5.13 Å². The van der Waals surface area contributed by atoms with E-state index in [0.717, 1.165) is 30.8 Å². The largest absolute Gasteiger partial charge is 0.396 e. The van der Waals surface area contributed by atoms with Gasteiger partial charge in [0.15, 0.2) is 5.13 Å². The van der Waals surface area contributed by atoms with Crippen molar-refractivity contribution in [2.24, 2.45) is 5.92 Å². The summed E-state index contributed by atoms with van der Waals surface area (Å²) < 4.78 is 0. The standard InChI is InChI=1S/C14H21N3O2S/c1-2-7-15-14-16-8-12(20-14)13(19)17-11-5-3-10(9-18)4-6-11/h2,8,10-11,18H,1,3-7,9H2,(H,15,16)(H,17,19). The lowest BCUT2D eigenvalue weighted by Crippen LogP contribution is -2.37. The summed E-state index contributed by atoms with van der Waals surface area (Å²) in [6.45, 7) is 4.52. The first-order valence-corrected chi connectivity index (χ1v) is 7.77. The van der Waals surface area contributed by atoms with Crippen molar-refractivity contribution in [3.8, 4) is 0 Å². The molecular formula is C14H21N3O2S. The number of hydrogen-bond acceptors (Lipinski definition) is 5. The SMILES string of the molecule is C=CCNc1ncc(C(=O)NC2CCC(CO)CC2)s1. The van der Waals surface area contributed by atoms with Crippen LogP contribution in [-0.2, 0) is 0 Å². The molecule has 0 aromatic carbocycles. The summed E-state index contributed by atoms with van der Waals surface area (Å²) >= 11 is 1.35. The van der Waals surface area contributed by atoms with Gasteiger partial charge in [-0.25, -0.2) is 4.98 Å². The first-order chi connectivity index (χ1) is 9.72. The highest BCUT2D eigenvalue weighted by Crippen LogP contribution is 2.24. The Hall–Kier alpha value is -1.40. The predicted molar refractivity (Wildman–Crippen MR) is 81.1 cm³/mol. The van der Waals surface area contributed by atoms with Crippen molar-refractivity contribution in [1.29, 1.82) is 0 Å². The van der Waals surface area contributed by atoms with E-state index in [1.54, 1.807) is 12.3 Å². The van der Waals surface area contributed by atoms with Gasteiger partial charge in [0.1, 0.15) is 4.88 Å². The molecule has 110 valence electrons. The molecule has 1 fully saturated rings. The maximum absolute atomic E-state index is 12.1. The van der Waals surface area contributed by atoms with E-state index >= 15 is 0 Å². The number of anilines is 1. The summed E-state index contributed by atoms with van der Waals surface area (Å²) in [6, 6.07) is 0.219. The van der Waals surface area contributed by atoms with Crippen molar-refractivity contribution < 1.29 is 9.90 Å². The molecular weight excluding hydrogens is 274 g/mol. The third-order valence-electron chi connectivity index (χ3n) is 3.57. The zero-order chi connectivity index (χ0) is 14.4. The highest BCUT2D eigenvalue weighted by molar-refractivity contribution is 7.17. The Morgan fingerprint density at radius 3 is 2.90 bits per heavy atom. The Morgan fingerprint density at radius 2 is 2.25 bits per heavy atom. The molecule has 0 aliphatic heterocycles. The molecule has 0 saturated heterocycles. The second kappa shape index (κ2) is 7.40. The highest BCUT2D eigenvalue weighted by Gasteiger charge is 2.22. The molecule has 20 heavy (non-hydrogen) atoms. The summed E-state index contributed by atoms with van der Waals surface area (Å²) in [4.78, 5) is 16.9. The van der Waals surface area contributed by atoms with E-state index in [1.165, 1.54) is 11.3 Å². The Balaban J connectivity index is 1.82. The van der Waals surface area contributed by atoms with Crippen LogP contribution in [0, 0.1) is 5.92 Å². The first kappa shape index (κ1) is 15.0. The van der Waals surface area contributed by atoms with E-state index < -0.39 is 0 Å². The lowest BCUT2D eigenvalue weighted by molar-refractivity contribution is 0.0918. The Kier molecular flexibility index (Phi) is 5.55. The molecule has 0 bridgehead atoms. The highest BCUT2D eigenvalue weighted by atomic mass is 32.1. The molecule has 1 aromatic rings. The molecule has 6 heteroatoms. The Morgan fingerprint density at radius 1 is 1.50 bits per heavy atom. The van der Waals surface area contributed by atoms with Crippen LogP contribution in [0.1, 0.15) is 35.4 Å². The zero-order valence-electron chi connectivity index (χ0n) is 11.5. The van der Waals surface area contributed by atoms with Crippen molar-refractivity contribution in [2.45, 2.75) is 31.7 Å². The minimum absolute atomic E-state index is 0.0541. The van der Waals surface area contributed by atoms with Crippen LogP contribution < -0.4 is 10.6 Å². The van der Waals surface area contributed by atoms with Crippen LogP contribution in [0.15, 0.2) is 18.9 Å². The van der Waals surface area contributed by atoms with Gasteiger partial charge in [0.05, 0.1) is 6.20 Å². The summed E-state index contributed by atoms with van der Waals surface area (Å²) in [5, 5.41) is 16.0. The predicted octanol–water partition coefficient (Wildman–Crippen LogP) is 2.02. The third-order valence-corrected chi connectivity index (χ3v) is 4.52. The minimum Gasteiger partial charge on any atom is -0.396 e. The molecule has 1 saturated carbocycles. The fraction of sp³-hybridized carbons (Fsp3) is 0.571. The molecule has 1 heterocycles. The van der Waals surface area contributed by atoms with E-state index in [4.69, 9.17) is 5.11 Å². The maximum atomic E-state index is 12.1. The van der Waals surface area contributed by atoms with Gasteiger partial charge in [0.2, 0.25) is 0 Å². The molecule has 1 aliphatic carbocycles. The fourth-order valence-corrected chi connectivity index (χ4v) is 3.09. The number of rotatable bonds is 6. The number of aromatic nitrogens is 1. The van der Waals surface area contributed by atoms with Gasteiger partial charge in [0, 0.05) is 19.2 Å². The van der Waals surface area contributed by atoms with Crippen LogP contribution in [-0.4, -0.2) is 35.2 Å². The van der Waals surface area contributed by atoms with E-state index in [9.17, 15) is 4.79 Å². The van der Waals surface area contributed by atoms with Crippen molar-refractivity contribution in [1.82, 2.24) is 10.3 Å². The van der Waals surface area contributed by atoms with Crippen molar-refractivity contribution in [3.63, 3.8) is 0 Å². The van der Waals surface area contributed by atoms with Crippen LogP contribution in [0.2, 0.25) is 0 Å². The van der Waals surface area contributed by atoms with Gasteiger partial charge in [-0.05, 0) is 31.6 Å². The second-order valence-corrected chi connectivity index (χ2v) is 6.10. The average Bonchev–Trinajstić information content (AvgIpc) is 2.95.